The molecule has 0 spiro atoms. The highest BCUT2D eigenvalue weighted by atomic mass is 35.5. The first kappa shape index (κ1) is 14.2. The summed E-state index contributed by atoms with van der Waals surface area (Å²) in [6, 6.07) is 0.351. The Kier molecular flexibility index (Phi) is 5.10. The molecule has 1 N–H and O–H groups in total. The number of rotatable bonds is 4. The number of carbonyl (C=O) groups is 1. The zero-order valence-corrected chi connectivity index (χ0v) is 11.9. The number of aromatic nitrogens is 2. The van der Waals surface area contributed by atoms with E-state index in [4.69, 9.17) is 11.6 Å². The van der Waals surface area contributed by atoms with E-state index in [1.54, 1.807) is 0 Å². The number of amides is 1. The molecule has 1 aromatic rings. The molecule has 1 aliphatic rings. The highest BCUT2D eigenvalue weighted by molar-refractivity contribution is 6.29. The van der Waals surface area contributed by atoms with E-state index in [-0.39, 0.29) is 5.91 Å². The lowest BCUT2D eigenvalue weighted by Crippen LogP contribution is -2.44. The molecule has 2 rings (SSSR count). The van der Waals surface area contributed by atoms with Crippen molar-refractivity contribution in [2.24, 2.45) is 0 Å². The molecule has 19 heavy (non-hydrogen) atoms. The first-order valence-electron chi connectivity index (χ1n) is 6.66. The molecule has 1 aliphatic heterocycles. The number of nitrogens with zero attached hydrogens (tertiary/aromatic N) is 3. The van der Waals surface area contributed by atoms with Gasteiger partial charge in [0.1, 0.15) is 10.8 Å². The topological polar surface area (TPSA) is 58.1 Å². The molecular weight excluding hydrogens is 264 g/mol. The third-order valence-corrected chi connectivity index (χ3v) is 3.62. The van der Waals surface area contributed by atoms with Crippen LogP contribution in [0.3, 0.4) is 0 Å². The van der Waals surface area contributed by atoms with Crippen molar-refractivity contribution < 1.29 is 4.79 Å². The van der Waals surface area contributed by atoms with Crippen LogP contribution in [0.4, 0.5) is 0 Å². The maximum absolute atomic E-state index is 11.9. The summed E-state index contributed by atoms with van der Waals surface area (Å²) in [7, 11) is 0. The van der Waals surface area contributed by atoms with Gasteiger partial charge in [-0.1, -0.05) is 18.0 Å². The maximum atomic E-state index is 11.9. The average molecular weight is 283 g/mol. The van der Waals surface area contributed by atoms with Crippen molar-refractivity contribution >= 4 is 17.5 Å². The van der Waals surface area contributed by atoms with Crippen LogP contribution in [0.5, 0.6) is 0 Å². The second-order valence-corrected chi connectivity index (χ2v) is 5.27. The van der Waals surface area contributed by atoms with Gasteiger partial charge in [0.15, 0.2) is 0 Å². The Morgan fingerprint density at radius 2 is 2.11 bits per heavy atom. The number of carbonyl (C=O) groups excluding carboxylic acids is 1. The average Bonchev–Trinajstić information content (AvgIpc) is 2.46. The summed E-state index contributed by atoms with van der Waals surface area (Å²) in [4.78, 5) is 22.1. The van der Waals surface area contributed by atoms with E-state index in [1.165, 1.54) is 31.7 Å². The minimum atomic E-state index is -0.201. The molecular formula is C13H19ClN4O. The molecule has 0 bridgehead atoms. The summed E-state index contributed by atoms with van der Waals surface area (Å²) in [6.45, 7) is 5.01. The Morgan fingerprint density at radius 1 is 1.37 bits per heavy atom. The molecule has 2 heterocycles. The van der Waals surface area contributed by atoms with Crippen LogP contribution in [0.15, 0.2) is 12.4 Å². The lowest BCUT2D eigenvalue weighted by Gasteiger charge is -2.32. The molecule has 6 heteroatoms. The van der Waals surface area contributed by atoms with Crippen molar-refractivity contribution in [3.05, 3.63) is 23.2 Å². The van der Waals surface area contributed by atoms with Gasteiger partial charge in [-0.05, 0) is 32.9 Å². The Morgan fingerprint density at radius 3 is 2.74 bits per heavy atom. The van der Waals surface area contributed by atoms with Crippen molar-refractivity contribution in [3.63, 3.8) is 0 Å². The van der Waals surface area contributed by atoms with Gasteiger partial charge in [0.25, 0.3) is 5.91 Å². The lowest BCUT2D eigenvalue weighted by molar-refractivity contribution is 0.0924. The van der Waals surface area contributed by atoms with Crippen molar-refractivity contribution in [2.75, 3.05) is 19.6 Å². The fourth-order valence-corrected chi connectivity index (χ4v) is 2.35. The van der Waals surface area contributed by atoms with E-state index < -0.39 is 0 Å². The van der Waals surface area contributed by atoms with Crippen LogP contribution in [0.2, 0.25) is 5.15 Å². The van der Waals surface area contributed by atoms with E-state index in [9.17, 15) is 4.79 Å². The third kappa shape index (κ3) is 4.14. The fraction of sp³-hybridized carbons (Fsp3) is 0.615. The van der Waals surface area contributed by atoms with Crippen LogP contribution in [-0.4, -0.2) is 46.5 Å². The number of likely N-dealkylation sites (tertiary alicyclic amines) is 1. The van der Waals surface area contributed by atoms with Gasteiger partial charge in [0, 0.05) is 12.6 Å². The second kappa shape index (κ2) is 6.82. The summed E-state index contributed by atoms with van der Waals surface area (Å²) in [5.74, 6) is -0.201. The summed E-state index contributed by atoms with van der Waals surface area (Å²) in [5, 5.41) is 3.18. The molecule has 1 amide bonds. The highest BCUT2D eigenvalue weighted by Crippen LogP contribution is 2.11. The van der Waals surface area contributed by atoms with Crippen LogP contribution < -0.4 is 5.32 Å². The Labute approximate surface area is 118 Å². The molecule has 104 valence electrons. The van der Waals surface area contributed by atoms with Crippen LogP contribution in [0, 0.1) is 0 Å². The van der Waals surface area contributed by atoms with Gasteiger partial charge in [0.05, 0.1) is 12.4 Å². The smallest absolute Gasteiger partial charge is 0.271 e. The zero-order valence-electron chi connectivity index (χ0n) is 11.1. The number of hydrogen-bond acceptors (Lipinski definition) is 4. The summed E-state index contributed by atoms with van der Waals surface area (Å²) >= 11 is 5.63. The maximum Gasteiger partial charge on any atom is 0.271 e. The van der Waals surface area contributed by atoms with Gasteiger partial charge < -0.3 is 5.32 Å². The van der Waals surface area contributed by atoms with Crippen LogP contribution in [0.1, 0.15) is 36.7 Å². The van der Waals surface area contributed by atoms with Crippen LogP contribution >= 0.6 is 11.6 Å². The molecule has 1 unspecified atom stereocenters. The van der Waals surface area contributed by atoms with Crippen LogP contribution in [0.25, 0.3) is 0 Å². The molecule has 5 nitrogen and oxygen atoms in total. The van der Waals surface area contributed by atoms with Gasteiger partial charge in [-0.25, -0.2) is 9.97 Å². The van der Waals surface area contributed by atoms with Crippen LogP contribution in [-0.2, 0) is 0 Å². The highest BCUT2D eigenvalue weighted by Gasteiger charge is 2.17. The predicted molar refractivity (Wildman–Crippen MR) is 74.3 cm³/mol. The third-order valence-electron chi connectivity index (χ3n) is 3.43. The van der Waals surface area contributed by atoms with Gasteiger partial charge in [-0.2, -0.15) is 0 Å². The van der Waals surface area contributed by atoms with E-state index in [0.29, 0.717) is 23.4 Å². The number of halogens is 1. The first-order valence-corrected chi connectivity index (χ1v) is 7.04. The molecule has 0 radical (unpaired) electrons. The van der Waals surface area contributed by atoms with E-state index in [1.807, 2.05) is 0 Å². The molecule has 1 aromatic heterocycles. The van der Waals surface area contributed by atoms with Gasteiger partial charge >= 0.3 is 0 Å². The normalized spacial score (nSPS) is 18.0. The van der Waals surface area contributed by atoms with Crippen molar-refractivity contribution in [3.8, 4) is 0 Å². The van der Waals surface area contributed by atoms with Gasteiger partial charge in [-0.15, -0.1) is 0 Å². The zero-order chi connectivity index (χ0) is 13.7. The predicted octanol–water partition coefficient (Wildman–Crippen LogP) is 1.73. The standard InChI is InChI=1S/C13H19ClN4O/c1-10(18-5-3-2-4-6-18)7-17-13(19)11-8-16-12(14)9-15-11/h8-10H,2-7H2,1H3,(H,17,19). The van der Waals surface area contributed by atoms with E-state index in [0.717, 1.165) is 13.1 Å². The monoisotopic (exact) mass is 282 g/mol. The lowest BCUT2D eigenvalue weighted by atomic mass is 10.1. The Bertz CT molecular complexity index is 417. The van der Waals surface area contributed by atoms with Gasteiger partial charge in [-0.3, -0.25) is 9.69 Å². The number of piperidine rings is 1. The van der Waals surface area contributed by atoms with Crippen molar-refractivity contribution in [1.82, 2.24) is 20.2 Å². The Hall–Kier alpha value is -1.20. The van der Waals surface area contributed by atoms with Crippen molar-refractivity contribution in [2.45, 2.75) is 32.2 Å². The minimum absolute atomic E-state index is 0.201. The largest absolute Gasteiger partial charge is 0.349 e. The summed E-state index contributed by atoms with van der Waals surface area (Å²) in [5.41, 5.74) is 0.301. The molecule has 1 atom stereocenters. The Balaban J connectivity index is 1.81. The molecule has 0 aliphatic carbocycles. The summed E-state index contributed by atoms with van der Waals surface area (Å²) < 4.78 is 0. The minimum Gasteiger partial charge on any atom is -0.349 e. The SMILES string of the molecule is CC(CNC(=O)c1cnc(Cl)cn1)N1CCCCC1. The van der Waals surface area contributed by atoms with Gasteiger partial charge in [0.2, 0.25) is 0 Å². The molecule has 1 fully saturated rings. The van der Waals surface area contributed by atoms with E-state index in [2.05, 4.69) is 27.1 Å². The fourth-order valence-electron chi connectivity index (χ4n) is 2.25. The second-order valence-electron chi connectivity index (χ2n) is 4.88. The molecule has 0 saturated carbocycles. The molecule has 0 aromatic carbocycles. The summed E-state index contributed by atoms with van der Waals surface area (Å²) in [6.07, 6.45) is 6.59. The quantitative estimate of drug-likeness (QED) is 0.914. The van der Waals surface area contributed by atoms with E-state index >= 15 is 0 Å². The first-order chi connectivity index (χ1) is 9.16. The van der Waals surface area contributed by atoms with Crippen molar-refractivity contribution in [1.29, 1.82) is 0 Å². The number of nitrogens with one attached hydrogen (secondary N) is 1. The number of hydrogen-bond donors (Lipinski definition) is 1. The molecule has 1 saturated heterocycles.